The first-order chi connectivity index (χ1) is 14.4. The fraction of sp³-hybridized carbons (Fsp3) is 0.0952. The molecule has 9 heteroatoms. The highest BCUT2D eigenvalue weighted by Crippen LogP contribution is 2.28. The minimum atomic E-state index is -0.378. The largest absolute Gasteiger partial charge is 0.289 e. The average Bonchev–Trinajstić information content (AvgIpc) is 3.34. The number of hydrogen-bond acceptors (Lipinski definition) is 6. The molecule has 0 bridgehead atoms. The van der Waals surface area contributed by atoms with Crippen LogP contribution >= 0.6 is 11.3 Å². The van der Waals surface area contributed by atoms with Gasteiger partial charge in [-0.2, -0.15) is 4.98 Å². The number of imide groups is 1. The van der Waals surface area contributed by atoms with Crippen molar-refractivity contribution in [2.45, 2.75) is 13.8 Å². The van der Waals surface area contributed by atoms with Crippen LogP contribution in [0.3, 0.4) is 0 Å². The number of nitrogens with one attached hydrogen (secondary N) is 1. The molecule has 0 fully saturated rings. The maximum Gasteiger partial charge on any atom is 0.266 e. The number of amides is 3. The number of aromatic nitrogens is 3. The molecule has 30 heavy (non-hydrogen) atoms. The number of carbonyl (C=O) groups excluding carboxylic acids is 3. The van der Waals surface area contributed by atoms with E-state index in [1.54, 1.807) is 53.0 Å². The van der Waals surface area contributed by atoms with Gasteiger partial charge in [0.25, 0.3) is 23.7 Å². The Hall–Kier alpha value is -3.85. The van der Waals surface area contributed by atoms with Crippen molar-refractivity contribution in [1.29, 1.82) is 0 Å². The lowest BCUT2D eigenvalue weighted by Crippen LogP contribution is -2.29. The molecule has 2 aromatic heterocycles. The molecule has 0 atom stereocenters. The number of benzene rings is 2. The van der Waals surface area contributed by atoms with E-state index in [1.165, 1.54) is 11.3 Å². The topological polar surface area (TPSA) is 96.7 Å². The second kappa shape index (κ2) is 6.60. The highest BCUT2D eigenvalue weighted by atomic mass is 32.1. The average molecular weight is 417 g/mol. The lowest BCUT2D eigenvalue weighted by Gasteiger charge is -2.14. The van der Waals surface area contributed by atoms with E-state index in [4.69, 9.17) is 0 Å². The third-order valence-electron chi connectivity index (χ3n) is 5.06. The predicted molar refractivity (Wildman–Crippen MR) is 112 cm³/mol. The summed E-state index contributed by atoms with van der Waals surface area (Å²) >= 11 is 1.50. The Morgan fingerprint density at radius 1 is 0.967 bits per heavy atom. The molecule has 0 saturated carbocycles. The van der Waals surface area contributed by atoms with Crippen LogP contribution in [-0.2, 0) is 0 Å². The zero-order valence-electron chi connectivity index (χ0n) is 16.0. The Morgan fingerprint density at radius 2 is 1.60 bits per heavy atom. The molecule has 0 radical (unpaired) electrons. The van der Waals surface area contributed by atoms with Crippen LogP contribution < -0.4 is 10.2 Å². The summed E-state index contributed by atoms with van der Waals surface area (Å²) < 4.78 is 1.70. The molecular formula is C21H15N5O3S. The molecule has 4 aromatic rings. The number of carbonyl (C=O) groups is 3. The Bertz CT molecular complexity index is 1320. The first-order valence-corrected chi connectivity index (χ1v) is 9.97. The lowest BCUT2D eigenvalue weighted by molar-refractivity contribution is 0.0925. The quantitative estimate of drug-likeness (QED) is 0.515. The molecule has 1 aliphatic heterocycles. The van der Waals surface area contributed by atoms with Gasteiger partial charge >= 0.3 is 0 Å². The van der Waals surface area contributed by atoms with Gasteiger partial charge in [0, 0.05) is 10.4 Å². The molecule has 0 spiro atoms. The fourth-order valence-electron chi connectivity index (χ4n) is 3.35. The van der Waals surface area contributed by atoms with Gasteiger partial charge in [-0.05, 0) is 50.2 Å². The Kier molecular flexibility index (Phi) is 4.00. The SMILES string of the molecule is Cc1sc2nc(NC(=O)c3ccc(N4C(=O)c5ccccc5C4=O)cc3)nn2c1C. The van der Waals surface area contributed by atoms with Gasteiger partial charge in [0.15, 0.2) is 0 Å². The molecule has 3 amide bonds. The van der Waals surface area contributed by atoms with Crippen molar-refractivity contribution in [2.75, 3.05) is 10.2 Å². The Balaban J connectivity index is 1.36. The van der Waals surface area contributed by atoms with Gasteiger partial charge in [-0.15, -0.1) is 5.10 Å². The summed E-state index contributed by atoms with van der Waals surface area (Å²) in [5.74, 6) is -0.906. The highest BCUT2D eigenvalue weighted by Gasteiger charge is 2.36. The van der Waals surface area contributed by atoms with Crippen LogP contribution in [0, 0.1) is 13.8 Å². The maximum absolute atomic E-state index is 12.6. The smallest absolute Gasteiger partial charge is 0.266 e. The molecule has 5 rings (SSSR count). The van der Waals surface area contributed by atoms with E-state index >= 15 is 0 Å². The van der Waals surface area contributed by atoms with Gasteiger partial charge in [0.1, 0.15) is 0 Å². The fourth-order valence-corrected chi connectivity index (χ4v) is 4.26. The van der Waals surface area contributed by atoms with Gasteiger partial charge in [0.05, 0.1) is 22.5 Å². The standard InChI is InChI=1S/C21H15N5O3S/c1-11-12(2)30-21-23-20(24-26(11)21)22-17(27)13-7-9-14(10-8-13)25-18(28)15-5-3-4-6-16(15)19(25)29/h3-10H,1-2H3,(H,22,24,27). The van der Waals surface area contributed by atoms with Crippen molar-refractivity contribution in [3.8, 4) is 0 Å². The van der Waals surface area contributed by atoms with Crippen LogP contribution in [0.25, 0.3) is 4.96 Å². The van der Waals surface area contributed by atoms with E-state index in [-0.39, 0.29) is 23.7 Å². The van der Waals surface area contributed by atoms with E-state index in [1.807, 2.05) is 13.8 Å². The zero-order chi connectivity index (χ0) is 21.0. The van der Waals surface area contributed by atoms with Crippen LogP contribution in [0.4, 0.5) is 11.6 Å². The van der Waals surface area contributed by atoms with E-state index in [0.29, 0.717) is 27.3 Å². The molecule has 0 unspecified atom stereocenters. The molecule has 0 saturated heterocycles. The summed E-state index contributed by atoms with van der Waals surface area (Å²) in [5.41, 5.74) is 2.50. The van der Waals surface area contributed by atoms with Crippen LogP contribution in [0.5, 0.6) is 0 Å². The van der Waals surface area contributed by atoms with Crippen LogP contribution in [0.1, 0.15) is 41.6 Å². The number of hydrogen-bond donors (Lipinski definition) is 1. The summed E-state index contributed by atoms with van der Waals surface area (Å²) in [6.45, 7) is 3.93. The van der Waals surface area contributed by atoms with Gasteiger partial charge in [-0.3, -0.25) is 19.7 Å². The van der Waals surface area contributed by atoms with E-state index in [0.717, 1.165) is 15.5 Å². The van der Waals surface area contributed by atoms with Crippen molar-refractivity contribution in [3.05, 3.63) is 75.8 Å². The number of anilines is 2. The molecule has 1 aliphatic rings. The highest BCUT2D eigenvalue weighted by molar-refractivity contribution is 7.17. The third kappa shape index (κ3) is 2.71. The van der Waals surface area contributed by atoms with Crippen molar-refractivity contribution in [3.63, 3.8) is 0 Å². The van der Waals surface area contributed by atoms with Crippen molar-refractivity contribution < 1.29 is 14.4 Å². The first kappa shape index (κ1) is 18.2. The summed E-state index contributed by atoms with van der Waals surface area (Å²) in [4.78, 5) is 45.0. The van der Waals surface area contributed by atoms with Gasteiger partial charge in [0.2, 0.25) is 4.96 Å². The monoisotopic (exact) mass is 417 g/mol. The van der Waals surface area contributed by atoms with Crippen molar-refractivity contribution in [2.24, 2.45) is 0 Å². The normalized spacial score (nSPS) is 13.2. The summed E-state index contributed by atoms with van der Waals surface area (Å²) in [7, 11) is 0. The number of thiazole rings is 1. The second-order valence-corrected chi connectivity index (χ2v) is 8.05. The maximum atomic E-state index is 12.6. The van der Waals surface area contributed by atoms with Crippen molar-refractivity contribution in [1.82, 2.24) is 14.6 Å². The number of rotatable bonds is 3. The molecule has 2 aromatic carbocycles. The van der Waals surface area contributed by atoms with E-state index in [9.17, 15) is 14.4 Å². The van der Waals surface area contributed by atoms with E-state index in [2.05, 4.69) is 15.4 Å². The third-order valence-corrected chi connectivity index (χ3v) is 6.10. The minimum Gasteiger partial charge on any atom is -0.289 e. The van der Waals surface area contributed by atoms with Gasteiger partial charge < -0.3 is 0 Å². The summed E-state index contributed by atoms with van der Waals surface area (Å²) in [5, 5.41) is 6.99. The molecule has 3 heterocycles. The second-order valence-electron chi connectivity index (χ2n) is 6.87. The van der Waals surface area contributed by atoms with E-state index < -0.39 is 0 Å². The molecule has 0 aliphatic carbocycles. The Labute approximate surface area is 174 Å². The first-order valence-electron chi connectivity index (χ1n) is 9.16. The van der Waals surface area contributed by atoms with Crippen LogP contribution in [0.2, 0.25) is 0 Å². The lowest BCUT2D eigenvalue weighted by atomic mass is 10.1. The summed E-state index contributed by atoms with van der Waals surface area (Å²) in [6, 6.07) is 13.0. The zero-order valence-corrected chi connectivity index (χ0v) is 16.9. The summed E-state index contributed by atoms with van der Waals surface area (Å²) in [6.07, 6.45) is 0. The number of fused-ring (bicyclic) bond motifs is 2. The van der Waals surface area contributed by atoms with Crippen LogP contribution in [-0.4, -0.2) is 32.3 Å². The molecular weight excluding hydrogens is 402 g/mol. The minimum absolute atomic E-state index is 0.221. The number of aryl methyl sites for hydroxylation is 2. The van der Waals surface area contributed by atoms with Crippen molar-refractivity contribution >= 4 is 45.7 Å². The predicted octanol–water partition coefficient (Wildman–Crippen LogP) is 3.46. The number of nitrogens with zero attached hydrogens (tertiary/aromatic N) is 4. The molecule has 148 valence electrons. The van der Waals surface area contributed by atoms with Gasteiger partial charge in [-0.1, -0.05) is 23.5 Å². The molecule has 8 nitrogen and oxygen atoms in total. The van der Waals surface area contributed by atoms with Gasteiger partial charge in [-0.25, -0.2) is 9.42 Å². The Morgan fingerprint density at radius 3 is 2.20 bits per heavy atom. The molecule has 1 N–H and O–H groups in total. The van der Waals surface area contributed by atoms with Crippen LogP contribution in [0.15, 0.2) is 48.5 Å².